The second-order valence-corrected chi connectivity index (χ2v) is 30.4. The molecule has 24 aromatic rings. The standard InChI is InChI=1S/2C55H34N4/c1-3-15-35(16-4-1)51-44-23-11-12-24-46(44)56-54-45(51)33-29-37-30-34-48(57-53(37)54)52-42-21-9-7-19-40(42)50(41-20-8-10-22-43(41)52)36-27-31-39(32-28-36)59-49-26-14-13-25-47(49)58-55(59)38-17-5-2-6-18-38;1-3-11-36(12-4-1)52-46-15-7-8-16-49(46)57-54-47(52)29-25-37-26-30-48(56-53(37)54)42-22-21-41-32-43-31-39(19-20-40(43)33-44(41)34-42)35-23-27-45(28-24-35)59-51-18-10-9-17-50(51)58-55(59)38-13-5-2-6-14-38/h2*1-34H. The zero-order valence-electron chi connectivity index (χ0n) is 63.8. The minimum absolute atomic E-state index is 0.901. The number of hydrogen-bond acceptors (Lipinski definition) is 6. The van der Waals surface area contributed by atoms with Gasteiger partial charge >= 0.3 is 0 Å². The molecule has 8 nitrogen and oxygen atoms in total. The number of aromatic nitrogens is 8. The highest BCUT2D eigenvalue weighted by Gasteiger charge is 2.23. The van der Waals surface area contributed by atoms with Gasteiger partial charge in [-0.05, 0) is 174 Å². The van der Waals surface area contributed by atoms with Gasteiger partial charge in [-0.15, -0.1) is 0 Å². The Morgan fingerprint density at radius 1 is 0.161 bits per heavy atom. The van der Waals surface area contributed by atoms with E-state index in [9.17, 15) is 0 Å². The van der Waals surface area contributed by atoms with E-state index < -0.39 is 0 Å². The predicted molar refractivity (Wildman–Crippen MR) is 492 cm³/mol. The van der Waals surface area contributed by atoms with Gasteiger partial charge in [0.1, 0.15) is 11.6 Å². The van der Waals surface area contributed by atoms with Gasteiger partial charge in [-0.1, -0.05) is 315 Å². The van der Waals surface area contributed by atoms with Gasteiger partial charge in [0.25, 0.3) is 0 Å². The fraction of sp³-hybridized carbons (Fsp3) is 0. The summed E-state index contributed by atoms with van der Waals surface area (Å²) in [5.41, 5.74) is 27.5. The summed E-state index contributed by atoms with van der Waals surface area (Å²) in [5.74, 6) is 1.86. The lowest BCUT2D eigenvalue weighted by atomic mass is 9.87. The number of benzene rings is 18. The highest BCUT2D eigenvalue weighted by Crippen LogP contribution is 2.47. The first-order valence-corrected chi connectivity index (χ1v) is 40.0. The maximum atomic E-state index is 5.54. The lowest BCUT2D eigenvalue weighted by Crippen LogP contribution is -1.98. The van der Waals surface area contributed by atoms with Crippen molar-refractivity contribution in [3.05, 3.63) is 413 Å². The minimum atomic E-state index is 0.901. The van der Waals surface area contributed by atoms with Gasteiger partial charge in [0, 0.05) is 77.1 Å². The number of fused-ring (bicyclic) bond motifs is 14. The lowest BCUT2D eigenvalue weighted by molar-refractivity contribution is 1.10. The highest BCUT2D eigenvalue weighted by atomic mass is 15.1. The molecule has 18 aromatic carbocycles. The third-order valence-electron chi connectivity index (χ3n) is 23.5. The molecule has 0 spiro atoms. The minimum Gasteiger partial charge on any atom is -0.292 e. The normalized spacial score (nSPS) is 11.7. The molecular weight excluding hydrogens is 1430 g/mol. The number of nitrogens with zero attached hydrogens (tertiary/aromatic N) is 8. The Morgan fingerprint density at radius 3 is 0.966 bits per heavy atom. The van der Waals surface area contributed by atoms with Crippen LogP contribution in [-0.4, -0.2) is 39.0 Å². The molecule has 0 saturated heterocycles. The van der Waals surface area contributed by atoms with Crippen molar-refractivity contribution in [1.29, 1.82) is 0 Å². The average Bonchev–Trinajstić information content (AvgIpc) is 1.02. The second kappa shape index (κ2) is 28.0. The van der Waals surface area contributed by atoms with Gasteiger partial charge < -0.3 is 0 Å². The van der Waals surface area contributed by atoms with Crippen molar-refractivity contribution in [2.75, 3.05) is 0 Å². The van der Waals surface area contributed by atoms with Crippen molar-refractivity contribution in [1.82, 2.24) is 39.0 Å². The largest absolute Gasteiger partial charge is 0.292 e. The number of rotatable bonds is 10. The van der Waals surface area contributed by atoms with E-state index in [2.05, 4.69) is 397 Å². The third kappa shape index (κ3) is 11.5. The Kier molecular flexibility index (Phi) is 16.1. The van der Waals surface area contributed by atoms with Crippen LogP contribution in [0.3, 0.4) is 0 Å². The molecular formula is C110H68N8. The van der Waals surface area contributed by atoms with Gasteiger partial charge in [0.05, 0.1) is 66.6 Å². The number of hydrogen-bond donors (Lipinski definition) is 0. The van der Waals surface area contributed by atoms with Crippen LogP contribution in [0, 0.1) is 0 Å². The quantitative estimate of drug-likeness (QED) is 0.100. The monoisotopic (exact) mass is 1500 g/mol. The predicted octanol–water partition coefficient (Wildman–Crippen LogP) is 28.5. The van der Waals surface area contributed by atoms with Gasteiger partial charge in [-0.25, -0.2) is 29.9 Å². The first-order chi connectivity index (χ1) is 58.5. The van der Waals surface area contributed by atoms with E-state index in [1.54, 1.807) is 0 Å². The van der Waals surface area contributed by atoms with Crippen LogP contribution in [0.15, 0.2) is 413 Å². The summed E-state index contributed by atoms with van der Waals surface area (Å²) in [6, 6.07) is 147. The Bertz CT molecular complexity index is 8090. The molecule has 6 aromatic heterocycles. The lowest BCUT2D eigenvalue weighted by Gasteiger charge is -2.18. The van der Waals surface area contributed by atoms with Crippen molar-refractivity contribution in [3.63, 3.8) is 0 Å². The summed E-state index contributed by atoms with van der Waals surface area (Å²) in [6.45, 7) is 0. The molecule has 0 amide bonds. The number of para-hydroxylation sites is 6. The maximum absolute atomic E-state index is 5.54. The van der Waals surface area contributed by atoms with E-state index >= 15 is 0 Å². The van der Waals surface area contributed by atoms with Gasteiger partial charge in [-0.3, -0.25) is 9.13 Å². The Balaban J connectivity index is 0.000000138. The first-order valence-electron chi connectivity index (χ1n) is 40.0. The Hall–Kier alpha value is -15.9. The van der Waals surface area contributed by atoms with Crippen molar-refractivity contribution >= 4 is 131 Å². The van der Waals surface area contributed by atoms with Gasteiger partial charge in [0.15, 0.2) is 0 Å². The third-order valence-corrected chi connectivity index (χ3v) is 23.5. The molecule has 8 heteroatoms. The molecule has 548 valence electrons. The summed E-state index contributed by atoms with van der Waals surface area (Å²) in [5, 5.41) is 16.1. The van der Waals surface area contributed by atoms with E-state index in [-0.39, 0.29) is 0 Å². The molecule has 0 aliphatic rings. The molecule has 0 aliphatic carbocycles. The van der Waals surface area contributed by atoms with Gasteiger partial charge in [-0.2, -0.15) is 0 Å². The van der Waals surface area contributed by atoms with Crippen molar-refractivity contribution < 1.29 is 0 Å². The van der Waals surface area contributed by atoms with Crippen LogP contribution in [0.1, 0.15) is 0 Å². The molecule has 0 bridgehead atoms. The molecule has 0 fully saturated rings. The molecule has 0 aliphatic heterocycles. The first kappa shape index (κ1) is 67.8. The molecule has 6 heterocycles. The zero-order chi connectivity index (χ0) is 77.7. The van der Waals surface area contributed by atoms with Crippen LogP contribution in [0.2, 0.25) is 0 Å². The van der Waals surface area contributed by atoms with Crippen LogP contribution in [0.4, 0.5) is 0 Å². The summed E-state index contributed by atoms with van der Waals surface area (Å²) >= 11 is 0. The Labute approximate surface area is 678 Å². The molecule has 0 radical (unpaired) electrons. The van der Waals surface area contributed by atoms with Crippen LogP contribution in [0.25, 0.3) is 232 Å². The topological polar surface area (TPSA) is 87.2 Å². The van der Waals surface area contributed by atoms with E-state index in [0.29, 0.717) is 0 Å². The average molecular weight is 1500 g/mol. The van der Waals surface area contributed by atoms with Gasteiger partial charge in [0.2, 0.25) is 0 Å². The SMILES string of the molecule is c1ccc(-c2c3ccccc3nc3c2ccc2ccc(-c4c5ccccc5c(-c5ccc(-n6c(-c7ccccc7)nc7ccccc76)cc5)c5ccccc45)nc23)cc1.c1ccc(-c2c3ccccc3nc3c2ccc2ccc(-c4ccc5cc6cc(-c7ccc(-n8c(-c9ccccc9)nc9ccccc98)cc7)ccc6cc5c4)nc23)cc1. The van der Waals surface area contributed by atoms with Crippen molar-refractivity contribution in [2.45, 2.75) is 0 Å². The second-order valence-electron chi connectivity index (χ2n) is 30.4. The molecule has 24 rings (SSSR count). The molecule has 0 N–H and O–H groups in total. The summed E-state index contributed by atoms with van der Waals surface area (Å²) in [7, 11) is 0. The zero-order valence-corrected chi connectivity index (χ0v) is 63.8. The highest BCUT2D eigenvalue weighted by molar-refractivity contribution is 6.23. The van der Waals surface area contributed by atoms with E-state index in [1.807, 2.05) is 24.3 Å². The maximum Gasteiger partial charge on any atom is 0.145 e. The molecule has 118 heavy (non-hydrogen) atoms. The van der Waals surface area contributed by atoms with Crippen molar-refractivity contribution in [3.8, 4) is 101 Å². The molecule has 0 saturated carbocycles. The molecule has 0 unspecified atom stereocenters. The fourth-order valence-corrected chi connectivity index (χ4v) is 18.0. The summed E-state index contributed by atoms with van der Waals surface area (Å²) < 4.78 is 4.52. The summed E-state index contributed by atoms with van der Waals surface area (Å²) in [4.78, 5) is 31.5. The number of pyridine rings is 4. The van der Waals surface area contributed by atoms with Crippen LogP contribution >= 0.6 is 0 Å². The Morgan fingerprint density at radius 2 is 0.492 bits per heavy atom. The van der Waals surface area contributed by atoms with E-state index in [0.717, 1.165) is 160 Å². The van der Waals surface area contributed by atoms with Crippen LogP contribution in [0.5, 0.6) is 0 Å². The molecule has 0 atom stereocenters. The van der Waals surface area contributed by atoms with Crippen LogP contribution in [-0.2, 0) is 0 Å². The fourth-order valence-electron chi connectivity index (χ4n) is 18.0. The van der Waals surface area contributed by atoms with E-state index in [4.69, 9.17) is 29.9 Å². The van der Waals surface area contributed by atoms with Crippen LogP contribution < -0.4 is 0 Å². The smallest absolute Gasteiger partial charge is 0.145 e. The number of imidazole rings is 2. The summed E-state index contributed by atoms with van der Waals surface area (Å²) in [6.07, 6.45) is 0. The van der Waals surface area contributed by atoms with E-state index in [1.165, 1.54) is 71.3 Å². The van der Waals surface area contributed by atoms with Crippen molar-refractivity contribution in [2.24, 2.45) is 0 Å².